The summed E-state index contributed by atoms with van der Waals surface area (Å²) in [5.41, 5.74) is 6.54. The first-order valence-electron chi connectivity index (χ1n) is 11.0. The summed E-state index contributed by atoms with van der Waals surface area (Å²) in [7, 11) is -3.43. The van der Waals surface area contributed by atoms with Gasteiger partial charge in [0.1, 0.15) is 5.78 Å². The van der Waals surface area contributed by atoms with E-state index in [4.69, 9.17) is 0 Å². The van der Waals surface area contributed by atoms with Gasteiger partial charge in [-0.2, -0.15) is 0 Å². The van der Waals surface area contributed by atoms with Crippen LogP contribution in [0, 0.1) is 0 Å². The second kappa shape index (κ2) is 8.38. The molecule has 0 atom stereocenters. The molecule has 0 aromatic heterocycles. The number of benzene rings is 2. The molecular weight excluding hydrogens is 404 g/mol. The number of carbonyl (C=O) groups excluding carboxylic acids is 1. The van der Waals surface area contributed by atoms with E-state index >= 15 is 0 Å². The van der Waals surface area contributed by atoms with Gasteiger partial charge in [-0.1, -0.05) is 64.1 Å². The van der Waals surface area contributed by atoms with Crippen molar-refractivity contribution in [1.82, 2.24) is 0 Å². The zero-order chi connectivity index (χ0) is 23.0. The van der Waals surface area contributed by atoms with Gasteiger partial charge in [-0.15, -0.1) is 0 Å². The largest absolute Gasteiger partial charge is 0.300 e. The van der Waals surface area contributed by atoms with Crippen molar-refractivity contribution in [3.8, 4) is 0 Å². The topological polar surface area (TPSA) is 51.2 Å². The first-order chi connectivity index (χ1) is 14.3. The Bertz CT molecular complexity index is 1120. The molecule has 0 fully saturated rings. The van der Waals surface area contributed by atoms with Crippen molar-refractivity contribution in [1.29, 1.82) is 0 Å². The van der Waals surface area contributed by atoms with E-state index in [1.165, 1.54) is 36.5 Å². The standard InChI is InChI=1S/C27H34O3S/c1-19(17-21-7-10-23(11-8-21)31(29,30)16-13-20(2)28)22-9-12-24-25(18-22)27(5,6)15-14-26(24,3)4/h7-12,17-18H,13-16H2,1-6H3/b19-17+. The first-order valence-corrected chi connectivity index (χ1v) is 12.6. The SMILES string of the molecule is CC(=O)CCS(=O)(=O)c1ccc(/C=C(\C)c2ccc3c(c2)C(C)(C)CCC3(C)C)cc1. The van der Waals surface area contributed by atoms with Crippen molar-refractivity contribution in [3.05, 3.63) is 64.7 Å². The van der Waals surface area contributed by atoms with E-state index in [1.807, 2.05) is 12.1 Å². The Kier molecular flexibility index (Phi) is 6.35. The van der Waals surface area contributed by atoms with Gasteiger partial charge in [-0.3, -0.25) is 4.79 Å². The monoisotopic (exact) mass is 438 g/mol. The number of fused-ring (bicyclic) bond motifs is 1. The fourth-order valence-electron chi connectivity index (χ4n) is 4.33. The predicted molar refractivity (Wildman–Crippen MR) is 129 cm³/mol. The van der Waals surface area contributed by atoms with Crippen LogP contribution in [0.3, 0.4) is 0 Å². The Morgan fingerprint density at radius 1 is 0.903 bits per heavy atom. The molecule has 0 N–H and O–H groups in total. The maximum Gasteiger partial charge on any atom is 0.178 e. The zero-order valence-electron chi connectivity index (χ0n) is 19.6. The predicted octanol–water partition coefficient (Wildman–Crippen LogP) is 6.35. The molecule has 31 heavy (non-hydrogen) atoms. The van der Waals surface area contributed by atoms with E-state index in [0.29, 0.717) is 0 Å². The van der Waals surface area contributed by atoms with Gasteiger partial charge in [-0.05, 0) is 77.5 Å². The lowest BCUT2D eigenvalue weighted by Gasteiger charge is -2.42. The summed E-state index contributed by atoms with van der Waals surface area (Å²) < 4.78 is 24.7. The van der Waals surface area contributed by atoms with E-state index < -0.39 is 9.84 Å². The molecule has 0 radical (unpaired) electrons. The molecule has 0 saturated carbocycles. The van der Waals surface area contributed by atoms with Crippen molar-refractivity contribution < 1.29 is 13.2 Å². The van der Waals surface area contributed by atoms with Crippen LogP contribution in [0.1, 0.15) is 83.1 Å². The normalized spacial score (nSPS) is 17.8. The number of ketones is 1. The molecule has 3 nitrogen and oxygen atoms in total. The molecule has 0 spiro atoms. The smallest absolute Gasteiger partial charge is 0.178 e. The summed E-state index contributed by atoms with van der Waals surface area (Å²) in [6, 6.07) is 13.7. The van der Waals surface area contributed by atoms with Crippen molar-refractivity contribution in [2.45, 2.75) is 76.5 Å². The number of Topliss-reactive ketones (excluding diaryl/α,β-unsaturated/α-hetero) is 1. The van der Waals surface area contributed by atoms with Crippen molar-refractivity contribution in [2.75, 3.05) is 5.75 Å². The molecule has 0 saturated heterocycles. The quantitative estimate of drug-likeness (QED) is 0.494. The summed E-state index contributed by atoms with van der Waals surface area (Å²) in [6.45, 7) is 12.8. The van der Waals surface area contributed by atoms with E-state index in [1.54, 1.807) is 12.1 Å². The highest BCUT2D eigenvalue weighted by Crippen LogP contribution is 2.46. The maximum absolute atomic E-state index is 12.4. The first kappa shape index (κ1) is 23.5. The summed E-state index contributed by atoms with van der Waals surface area (Å²) in [5.74, 6) is -0.256. The van der Waals surface area contributed by atoms with Crippen LogP contribution in [-0.4, -0.2) is 20.0 Å². The maximum atomic E-state index is 12.4. The van der Waals surface area contributed by atoms with E-state index in [2.05, 4.69) is 58.9 Å². The van der Waals surface area contributed by atoms with Crippen LogP contribution in [-0.2, 0) is 25.5 Å². The number of allylic oxidation sites excluding steroid dienone is 1. The van der Waals surface area contributed by atoms with Gasteiger partial charge in [0.05, 0.1) is 10.6 Å². The minimum Gasteiger partial charge on any atom is -0.300 e. The van der Waals surface area contributed by atoms with Gasteiger partial charge in [0.25, 0.3) is 0 Å². The molecule has 2 aromatic rings. The number of rotatable bonds is 6. The van der Waals surface area contributed by atoms with Crippen LogP contribution in [0.4, 0.5) is 0 Å². The van der Waals surface area contributed by atoms with Gasteiger partial charge >= 0.3 is 0 Å². The zero-order valence-corrected chi connectivity index (χ0v) is 20.4. The lowest BCUT2D eigenvalue weighted by Crippen LogP contribution is -2.33. The Morgan fingerprint density at radius 3 is 2.06 bits per heavy atom. The summed E-state index contributed by atoms with van der Waals surface area (Å²) in [6.07, 6.45) is 4.52. The van der Waals surface area contributed by atoms with Crippen LogP contribution in [0.25, 0.3) is 11.6 Å². The molecule has 0 heterocycles. The third-order valence-corrected chi connectivity index (χ3v) is 8.39. The second-order valence-electron chi connectivity index (χ2n) is 10.2. The summed E-state index contributed by atoms with van der Waals surface area (Å²) in [4.78, 5) is 11.4. The van der Waals surface area contributed by atoms with Gasteiger partial charge in [-0.25, -0.2) is 8.42 Å². The highest BCUT2D eigenvalue weighted by Gasteiger charge is 2.36. The number of sulfone groups is 1. The molecule has 3 rings (SSSR count). The molecule has 0 unspecified atom stereocenters. The molecule has 4 heteroatoms. The molecule has 166 valence electrons. The summed E-state index contributed by atoms with van der Waals surface area (Å²) >= 11 is 0. The average Bonchev–Trinajstić information content (AvgIpc) is 2.70. The van der Waals surface area contributed by atoms with Crippen molar-refractivity contribution >= 4 is 27.3 Å². The number of hydrogen-bond donors (Lipinski definition) is 0. The fourth-order valence-corrected chi connectivity index (χ4v) is 5.68. The summed E-state index contributed by atoms with van der Waals surface area (Å²) in [5, 5.41) is 0. The van der Waals surface area contributed by atoms with Crippen LogP contribution in [0.15, 0.2) is 47.4 Å². The number of hydrogen-bond acceptors (Lipinski definition) is 3. The van der Waals surface area contributed by atoms with E-state index in [0.717, 1.165) is 11.1 Å². The minimum absolute atomic E-state index is 0.0502. The Hall–Kier alpha value is -2.20. The third kappa shape index (κ3) is 5.17. The lowest BCUT2D eigenvalue weighted by atomic mass is 9.63. The molecule has 0 bridgehead atoms. The van der Waals surface area contributed by atoms with E-state index in [9.17, 15) is 13.2 Å². The Balaban J connectivity index is 1.88. The van der Waals surface area contributed by atoms with Crippen molar-refractivity contribution in [2.24, 2.45) is 0 Å². The van der Waals surface area contributed by atoms with Gasteiger partial charge in [0.15, 0.2) is 9.84 Å². The lowest BCUT2D eigenvalue weighted by molar-refractivity contribution is -0.116. The average molecular weight is 439 g/mol. The third-order valence-electron chi connectivity index (χ3n) is 6.65. The van der Waals surface area contributed by atoms with Crippen molar-refractivity contribution in [3.63, 3.8) is 0 Å². The van der Waals surface area contributed by atoms with E-state index in [-0.39, 0.29) is 33.7 Å². The molecular formula is C27H34O3S. The molecule has 1 aliphatic rings. The minimum atomic E-state index is -3.43. The molecule has 2 aromatic carbocycles. The van der Waals surface area contributed by atoms with Crippen LogP contribution in [0.2, 0.25) is 0 Å². The fraction of sp³-hybridized carbons (Fsp3) is 0.444. The van der Waals surface area contributed by atoms with Gasteiger partial charge in [0.2, 0.25) is 0 Å². The Labute approximate surface area is 187 Å². The molecule has 0 aliphatic heterocycles. The van der Waals surface area contributed by atoms with Gasteiger partial charge < -0.3 is 0 Å². The molecule has 1 aliphatic carbocycles. The second-order valence-corrected chi connectivity index (χ2v) is 12.3. The highest BCUT2D eigenvalue weighted by atomic mass is 32.2. The number of carbonyl (C=O) groups is 1. The van der Waals surface area contributed by atoms with Gasteiger partial charge in [0, 0.05) is 6.42 Å². The molecule has 0 amide bonds. The highest BCUT2D eigenvalue weighted by molar-refractivity contribution is 7.91. The van der Waals surface area contributed by atoms with Crippen LogP contribution < -0.4 is 0 Å². The van der Waals surface area contributed by atoms with Crippen LogP contribution in [0.5, 0.6) is 0 Å². The van der Waals surface area contributed by atoms with Crippen LogP contribution >= 0.6 is 0 Å². The Morgan fingerprint density at radius 2 is 1.48 bits per heavy atom.